The number of rotatable bonds is 5. The average Bonchev–Trinajstić information content (AvgIpc) is 2.63. The molecular weight excluding hydrogens is 317 g/mol. The van der Waals surface area contributed by atoms with E-state index in [2.05, 4.69) is 5.32 Å². The Balaban J connectivity index is 1.67. The third-order valence-corrected chi connectivity index (χ3v) is 3.81. The minimum atomic E-state index is -0.279. The molecule has 3 rings (SSSR count). The van der Waals surface area contributed by atoms with E-state index in [1.807, 2.05) is 31.2 Å². The zero-order chi connectivity index (χ0) is 17.6. The monoisotopic (exact) mass is 335 g/mol. The molecular formula is C21H18FNO2. The second-order valence-corrected chi connectivity index (χ2v) is 5.71. The molecule has 0 aromatic heterocycles. The zero-order valence-electron chi connectivity index (χ0n) is 13.8. The van der Waals surface area contributed by atoms with Crippen LogP contribution in [0.4, 0.5) is 10.1 Å². The summed E-state index contributed by atoms with van der Waals surface area (Å²) in [6, 6.07) is 20.7. The largest absolute Gasteiger partial charge is 0.489 e. The fourth-order valence-electron chi connectivity index (χ4n) is 2.38. The Kier molecular flexibility index (Phi) is 5.09. The summed E-state index contributed by atoms with van der Waals surface area (Å²) in [7, 11) is 0. The fourth-order valence-corrected chi connectivity index (χ4v) is 2.38. The number of benzene rings is 3. The molecule has 0 radical (unpaired) electrons. The van der Waals surface area contributed by atoms with Gasteiger partial charge in [0.05, 0.1) is 0 Å². The number of anilines is 1. The van der Waals surface area contributed by atoms with E-state index in [1.165, 1.54) is 12.1 Å². The van der Waals surface area contributed by atoms with Gasteiger partial charge in [0, 0.05) is 11.3 Å². The maximum atomic E-state index is 12.9. The first-order chi connectivity index (χ1) is 12.1. The van der Waals surface area contributed by atoms with E-state index in [-0.39, 0.29) is 11.7 Å². The molecule has 0 heterocycles. The van der Waals surface area contributed by atoms with Crippen molar-refractivity contribution >= 4 is 11.6 Å². The first-order valence-electron chi connectivity index (χ1n) is 7.96. The second kappa shape index (κ2) is 7.62. The Morgan fingerprint density at radius 3 is 2.52 bits per heavy atom. The number of carbonyl (C=O) groups is 1. The van der Waals surface area contributed by atoms with Crippen LogP contribution < -0.4 is 10.1 Å². The minimum Gasteiger partial charge on any atom is -0.489 e. The van der Waals surface area contributed by atoms with Gasteiger partial charge in [-0.15, -0.1) is 0 Å². The second-order valence-electron chi connectivity index (χ2n) is 5.71. The molecule has 0 aliphatic rings. The van der Waals surface area contributed by atoms with Crippen LogP contribution in [-0.2, 0) is 6.61 Å². The SMILES string of the molecule is Cc1ccccc1NC(=O)c1cccc(OCc2ccc(F)cc2)c1. The normalized spacial score (nSPS) is 10.3. The highest BCUT2D eigenvalue weighted by Crippen LogP contribution is 2.18. The number of aryl methyl sites for hydroxylation is 1. The maximum Gasteiger partial charge on any atom is 0.255 e. The minimum absolute atomic E-state index is 0.193. The topological polar surface area (TPSA) is 38.3 Å². The molecule has 4 heteroatoms. The molecule has 1 N–H and O–H groups in total. The Bertz CT molecular complexity index is 875. The van der Waals surface area contributed by atoms with E-state index in [0.717, 1.165) is 16.8 Å². The van der Waals surface area contributed by atoms with Crippen molar-refractivity contribution in [1.29, 1.82) is 0 Å². The van der Waals surface area contributed by atoms with Crippen LogP contribution >= 0.6 is 0 Å². The lowest BCUT2D eigenvalue weighted by Crippen LogP contribution is -2.12. The first-order valence-corrected chi connectivity index (χ1v) is 7.96. The number of amides is 1. The number of nitrogens with one attached hydrogen (secondary N) is 1. The number of carbonyl (C=O) groups excluding carboxylic acids is 1. The van der Waals surface area contributed by atoms with Gasteiger partial charge in [-0.1, -0.05) is 36.4 Å². The molecule has 25 heavy (non-hydrogen) atoms. The lowest BCUT2D eigenvalue weighted by Gasteiger charge is -2.10. The third kappa shape index (κ3) is 4.44. The van der Waals surface area contributed by atoms with E-state index >= 15 is 0 Å². The standard InChI is InChI=1S/C21H18FNO2/c1-15-5-2-3-8-20(15)23-21(24)17-6-4-7-19(13-17)25-14-16-9-11-18(22)12-10-16/h2-13H,14H2,1H3,(H,23,24). The molecule has 0 saturated carbocycles. The Morgan fingerprint density at radius 2 is 1.76 bits per heavy atom. The van der Waals surface area contributed by atoms with Crippen molar-refractivity contribution in [1.82, 2.24) is 0 Å². The van der Waals surface area contributed by atoms with Crippen molar-refractivity contribution in [2.24, 2.45) is 0 Å². The van der Waals surface area contributed by atoms with Gasteiger partial charge >= 0.3 is 0 Å². The van der Waals surface area contributed by atoms with Gasteiger partial charge in [0.15, 0.2) is 0 Å². The van der Waals surface area contributed by atoms with Crippen LogP contribution in [0.1, 0.15) is 21.5 Å². The van der Waals surface area contributed by atoms with Gasteiger partial charge in [-0.05, 0) is 54.4 Å². The molecule has 0 aliphatic carbocycles. The summed E-state index contributed by atoms with van der Waals surface area (Å²) in [6.07, 6.45) is 0. The van der Waals surface area contributed by atoms with Crippen LogP contribution in [-0.4, -0.2) is 5.91 Å². The number of para-hydroxylation sites is 1. The summed E-state index contributed by atoms with van der Waals surface area (Å²) in [5.74, 6) is 0.113. The molecule has 0 saturated heterocycles. The maximum absolute atomic E-state index is 12.9. The molecule has 3 nitrogen and oxygen atoms in total. The van der Waals surface area contributed by atoms with Crippen molar-refractivity contribution in [3.8, 4) is 5.75 Å². The van der Waals surface area contributed by atoms with Crippen molar-refractivity contribution < 1.29 is 13.9 Å². The van der Waals surface area contributed by atoms with Crippen LogP contribution in [0.2, 0.25) is 0 Å². The van der Waals surface area contributed by atoms with E-state index in [9.17, 15) is 9.18 Å². The van der Waals surface area contributed by atoms with Crippen molar-refractivity contribution in [3.05, 3.63) is 95.3 Å². The van der Waals surface area contributed by atoms with E-state index in [4.69, 9.17) is 4.74 Å². The smallest absolute Gasteiger partial charge is 0.255 e. The van der Waals surface area contributed by atoms with Crippen LogP contribution in [0.3, 0.4) is 0 Å². The quantitative estimate of drug-likeness (QED) is 0.715. The van der Waals surface area contributed by atoms with Gasteiger partial charge in [-0.25, -0.2) is 4.39 Å². The van der Waals surface area contributed by atoms with E-state index in [1.54, 1.807) is 36.4 Å². The van der Waals surface area contributed by atoms with E-state index < -0.39 is 0 Å². The highest BCUT2D eigenvalue weighted by molar-refractivity contribution is 6.04. The molecule has 3 aromatic carbocycles. The average molecular weight is 335 g/mol. The summed E-state index contributed by atoms with van der Waals surface area (Å²) in [4.78, 5) is 12.4. The summed E-state index contributed by atoms with van der Waals surface area (Å²) >= 11 is 0. The lowest BCUT2D eigenvalue weighted by atomic mass is 10.1. The summed E-state index contributed by atoms with van der Waals surface area (Å²) in [6.45, 7) is 2.25. The molecule has 0 spiro atoms. The van der Waals surface area contributed by atoms with Gasteiger partial charge in [-0.3, -0.25) is 4.79 Å². The van der Waals surface area contributed by atoms with Crippen LogP contribution in [0.25, 0.3) is 0 Å². The van der Waals surface area contributed by atoms with Gasteiger partial charge in [0.25, 0.3) is 5.91 Å². The molecule has 3 aromatic rings. The predicted octanol–water partition coefficient (Wildman–Crippen LogP) is 4.97. The van der Waals surface area contributed by atoms with Crippen molar-refractivity contribution in [2.75, 3.05) is 5.32 Å². The first kappa shape index (κ1) is 16.7. The molecule has 0 aliphatic heterocycles. The molecule has 0 fully saturated rings. The highest BCUT2D eigenvalue weighted by atomic mass is 19.1. The number of halogens is 1. The number of hydrogen-bond donors (Lipinski definition) is 1. The molecule has 1 amide bonds. The van der Waals surface area contributed by atoms with Gasteiger partial charge in [0.1, 0.15) is 18.2 Å². The van der Waals surface area contributed by atoms with Gasteiger partial charge in [-0.2, -0.15) is 0 Å². The molecule has 0 unspecified atom stereocenters. The lowest BCUT2D eigenvalue weighted by molar-refractivity contribution is 0.102. The molecule has 0 atom stereocenters. The molecule has 0 bridgehead atoms. The Hall–Kier alpha value is -3.14. The Morgan fingerprint density at radius 1 is 1.00 bits per heavy atom. The predicted molar refractivity (Wildman–Crippen MR) is 96.3 cm³/mol. The highest BCUT2D eigenvalue weighted by Gasteiger charge is 2.08. The van der Waals surface area contributed by atoms with E-state index in [0.29, 0.717) is 17.9 Å². The van der Waals surface area contributed by atoms with Crippen molar-refractivity contribution in [2.45, 2.75) is 13.5 Å². The summed E-state index contributed by atoms with van der Waals surface area (Å²) in [5.41, 5.74) is 3.15. The Labute approximate surface area is 146 Å². The number of hydrogen-bond acceptors (Lipinski definition) is 2. The third-order valence-electron chi connectivity index (χ3n) is 3.81. The number of ether oxygens (including phenoxy) is 1. The zero-order valence-corrected chi connectivity index (χ0v) is 13.8. The summed E-state index contributed by atoms with van der Waals surface area (Å²) < 4.78 is 18.6. The van der Waals surface area contributed by atoms with Crippen LogP contribution in [0.15, 0.2) is 72.8 Å². The van der Waals surface area contributed by atoms with Crippen LogP contribution in [0.5, 0.6) is 5.75 Å². The molecule has 126 valence electrons. The van der Waals surface area contributed by atoms with Gasteiger partial charge in [0.2, 0.25) is 0 Å². The fraction of sp³-hybridized carbons (Fsp3) is 0.0952. The van der Waals surface area contributed by atoms with Crippen molar-refractivity contribution in [3.63, 3.8) is 0 Å². The van der Waals surface area contributed by atoms with Crippen LogP contribution in [0, 0.1) is 12.7 Å². The summed E-state index contributed by atoms with van der Waals surface area (Å²) in [5, 5.41) is 2.90. The van der Waals surface area contributed by atoms with Gasteiger partial charge < -0.3 is 10.1 Å².